The molecule has 0 aromatic carbocycles. The summed E-state index contributed by atoms with van der Waals surface area (Å²) in [5.74, 6) is 0.946. The summed E-state index contributed by atoms with van der Waals surface area (Å²) in [5, 5.41) is 34.4. The molecule has 4 heteroatoms. The van der Waals surface area contributed by atoms with Gasteiger partial charge in [-0.15, -0.1) is 0 Å². The first kappa shape index (κ1) is 13.7. The van der Waals surface area contributed by atoms with Crippen molar-refractivity contribution in [2.24, 2.45) is 39.9 Å². The summed E-state index contributed by atoms with van der Waals surface area (Å²) < 4.78 is 0. The van der Waals surface area contributed by atoms with Crippen LogP contribution in [0.1, 0.15) is 39.0 Å². The van der Waals surface area contributed by atoms with E-state index in [1.807, 2.05) is 0 Å². The van der Waals surface area contributed by atoms with Gasteiger partial charge in [0.1, 0.15) is 5.72 Å². The molecule has 4 nitrogen and oxygen atoms in total. The monoisotopic (exact) mass is 329 g/mol. The minimum absolute atomic E-state index is 0.0266. The lowest BCUT2D eigenvalue weighted by molar-refractivity contribution is -0.272. The summed E-state index contributed by atoms with van der Waals surface area (Å²) in [6.45, 7) is 7.56. The molecule has 0 radical (unpaired) electrons. The van der Waals surface area contributed by atoms with Crippen LogP contribution in [0.5, 0.6) is 0 Å². The van der Waals surface area contributed by atoms with E-state index in [2.05, 4.69) is 18.4 Å². The zero-order valence-electron chi connectivity index (χ0n) is 14.3. The predicted molar refractivity (Wildman–Crippen MR) is 86.6 cm³/mol. The van der Waals surface area contributed by atoms with Crippen molar-refractivity contribution in [3.05, 3.63) is 12.2 Å². The third-order valence-corrected chi connectivity index (χ3v) is 10.4. The molecular weight excluding hydrogens is 302 g/mol. The van der Waals surface area contributed by atoms with Crippen LogP contribution in [0.3, 0.4) is 0 Å². The highest BCUT2D eigenvalue weighted by molar-refractivity contribution is 5.45. The molecule has 6 saturated carbocycles. The first-order valence-electron chi connectivity index (χ1n) is 9.86. The predicted octanol–water partition coefficient (Wildman–Crippen LogP) is 1.11. The lowest BCUT2D eigenvalue weighted by Gasteiger charge is -2.67. The Hall–Kier alpha value is -0.420. The lowest BCUT2D eigenvalue weighted by Crippen LogP contribution is -2.71. The highest BCUT2D eigenvalue weighted by Gasteiger charge is 2.93. The van der Waals surface area contributed by atoms with Crippen molar-refractivity contribution in [1.29, 1.82) is 0 Å². The van der Waals surface area contributed by atoms with Gasteiger partial charge in [-0.05, 0) is 48.0 Å². The first-order chi connectivity index (χ1) is 11.3. The molecule has 2 spiro atoms. The van der Waals surface area contributed by atoms with Gasteiger partial charge in [-0.2, -0.15) is 0 Å². The van der Waals surface area contributed by atoms with Crippen LogP contribution >= 0.6 is 0 Å². The largest absolute Gasteiger partial charge is 0.392 e. The molecule has 3 N–H and O–H groups in total. The maximum Gasteiger partial charge on any atom is 0.123 e. The third kappa shape index (κ3) is 0.903. The van der Waals surface area contributed by atoms with Gasteiger partial charge in [0.15, 0.2) is 0 Å². The molecule has 1 unspecified atom stereocenters. The first-order valence-corrected chi connectivity index (χ1v) is 9.86. The summed E-state index contributed by atoms with van der Waals surface area (Å²) in [4.78, 5) is 2.45. The van der Waals surface area contributed by atoms with E-state index in [0.717, 1.165) is 25.0 Å². The second kappa shape index (κ2) is 3.28. The molecule has 9 aliphatic rings. The second-order valence-corrected chi connectivity index (χ2v) is 10.7. The van der Waals surface area contributed by atoms with Gasteiger partial charge in [0.25, 0.3) is 0 Å². The minimum atomic E-state index is -0.752. The molecule has 9 fully saturated rings. The minimum Gasteiger partial charge on any atom is -0.392 e. The number of nitrogens with zero attached hydrogens (tertiary/aromatic N) is 1. The number of fused-ring (bicyclic) bond motifs is 1. The third-order valence-electron chi connectivity index (χ3n) is 10.4. The van der Waals surface area contributed by atoms with E-state index in [0.29, 0.717) is 18.4 Å². The zero-order valence-corrected chi connectivity index (χ0v) is 14.3. The molecule has 9 rings (SSSR count). The summed E-state index contributed by atoms with van der Waals surface area (Å²) in [6.07, 6.45) is 4.26. The van der Waals surface area contributed by atoms with E-state index in [1.165, 1.54) is 12.8 Å². The topological polar surface area (TPSA) is 63.9 Å². The molecule has 24 heavy (non-hydrogen) atoms. The van der Waals surface area contributed by atoms with Crippen LogP contribution < -0.4 is 0 Å². The molecule has 0 amide bonds. The van der Waals surface area contributed by atoms with Gasteiger partial charge in [0, 0.05) is 35.8 Å². The van der Waals surface area contributed by atoms with E-state index in [4.69, 9.17) is 0 Å². The number of piperidine rings is 2. The molecule has 3 saturated heterocycles. The Morgan fingerprint density at radius 3 is 2.79 bits per heavy atom. The molecule has 3 heterocycles. The van der Waals surface area contributed by atoms with Crippen LogP contribution in [0.2, 0.25) is 0 Å². The average molecular weight is 329 g/mol. The summed E-state index contributed by atoms with van der Waals surface area (Å²) in [7, 11) is 0. The number of hydrogen-bond donors (Lipinski definition) is 3. The maximum atomic E-state index is 11.9. The normalized spacial score (nSPS) is 76.1. The molecule has 130 valence electrons. The van der Waals surface area contributed by atoms with Crippen molar-refractivity contribution in [1.82, 2.24) is 4.90 Å². The highest BCUT2D eigenvalue weighted by atomic mass is 16.3. The molecule has 3 aliphatic heterocycles. The quantitative estimate of drug-likeness (QED) is 0.583. The van der Waals surface area contributed by atoms with Crippen LogP contribution in [0, 0.1) is 39.9 Å². The van der Waals surface area contributed by atoms with Gasteiger partial charge in [0.05, 0.1) is 12.2 Å². The van der Waals surface area contributed by atoms with Crippen LogP contribution in [-0.2, 0) is 0 Å². The van der Waals surface area contributed by atoms with Crippen molar-refractivity contribution < 1.29 is 15.3 Å². The Bertz CT molecular complexity index is 724. The summed E-state index contributed by atoms with van der Waals surface area (Å²) in [5.41, 5.74) is -0.0153. The number of aliphatic hydroxyl groups is 3. The number of aliphatic hydroxyl groups excluding tert-OH is 2. The van der Waals surface area contributed by atoms with Gasteiger partial charge in [-0.25, -0.2) is 0 Å². The van der Waals surface area contributed by atoms with E-state index in [1.54, 1.807) is 0 Å². The fourth-order valence-electron chi connectivity index (χ4n) is 10.6. The van der Waals surface area contributed by atoms with Crippen molar-refractivity contribution >= 4 is 0 Å². The Morgan fingerprint density at radius 1 is 1.21 bits per heavy atom. The number of hydrogen-bond acceptors (Lipinski definition) is 4. The Labute approximate surface area is 142 Å². The molecule has 0 aromatic heterocycles. The van der Waals surface area contributed by atoms with E-state index >= 15 is 0 Å². The second-order valence-electron chi connectivity index (χ2n) is 10.7. The zero-order chi connectivity index (χ0) is 16.4. The Balaban J connectivity index is 1.57. The van der Waals surface area contributed by atoms with Crippen molar-refractivity contribution in [3.63, 3.8) is 0 Å². The van der Waals surface area contributed by atoms with Gasteiger partial charge >= 0.3 is 0 Å². The Kier molecular flexibility index (Phi) is 1.88. The van der Waals surface area contributed by atoms with Crippen LogP contribution in [-0.4, -0.2) is 50.7 Å². The van der Waals surface area contributed by atoms with Gasteiger partial charge in [-0.1, -0.05) is 19.9 Å². The van der Waals surface area contributed by atoms with E-state index in [-0.39, 0.29) is 40.1 Å². The van der Waals surface area contributed by atoms with Crippen molar-refractivity contribution in [3.8, 4) is 0 Å². The molecule has 9 bridgehead atoms. The summed E-state index contributed by atoms with van der Waals surface area (Å²) in [6, 6.07) is 0.377. The van der Waals surface area contributed by atoms with E-state index in [9.17, 15) is 15.3 Å². The Morgan fingerprint density at radius 2 is 2.00 bits per heavy atom. The van der Waals surface area contributed by atoms with Crippen molar-refractivity contribution in [2.45, 2.75) is 63.0 Å². The molecular formula is C20H27NO3. The van der Waals surface area contributed by atoms with Crippen LogP contribution in [0.15, 0.2) is 12.2 Å². The fraction of sp³-hybridized carbons (Fsp3) is 0.900. The van der Waals surface area contributed by atoms with Gasteiger partial charge in [0.2, 0.25) is 0 Å². The molecule has 6 aliphatic carbocycles. The molecule has 0 aromatic rings. The van der Waals surface area contributed by atoms with Crippen LogP contribution in [0.4, 0.5) is 0 Å². The maximum absolute atomic E-state index is 11.9. The SMILES string of the molecule is C=C1[C@H]2C[C@@H]3[C@H]4N5C[C@@]6(C)CCC[C@]47[C@H]([C@H]2O)[C@]3(C[C@@]5(O)[C@H]67)[C@@H]1O. The van der Waals surface area contributed by atoms with Crippen LogP contribution in [0.25, 0.3) is 0 Å². The molecule has 12 atom stereocenters. The average Bonchev–Trinajstić information content (AvgIpc) is 2.88. The van der Waals surface area contributed by atoms with E-state index < -0.39 is 11.8 Å². The smallest absolute Gasteiger partial charge is 0.123 e. The van der Waals surface area contributed by atoms with Gasteiger partial charge in [-0.3, -0.25) is 4.90 Å². The summed E-state index contributed by atoms with van der Waals surface area (Å²) >= 11 is 0. The van der Waals surface area contributed by atoms with Gasteiger partial charge < -0.3 is 15.3 Å². The standard InChI is InChI=1S/C20H27NO3/c1-9-10-6-11-14-18-5-3-4-17(2)8-21(14)20(24,16(17)18)7-19(11,15(9)23)13(18)12(10)22/h10-16,22-24H,1,3-8H2,2H3/t10-,11-,12+,13+,14-,15-,16-,17-,18+,19-,20-/m1/s1. The number of rotatable bonds is 0. The van der Waals surface area contributed by atoms with Crippen molar-refractivity contribution in [2.75, 3.05) is 6.54 Å². The highest BCUT2D eigenvalue weighted by Crippen LogP contribution is 2.88. The lowest BCUT2D eigenvalue weighted by atomic mass is 9.39. The fourth-order valence-corrected chi connectivity index (χ4v) is 10.6.